The molecule has 78 valence electrons. The number of halogens is 1. The topological polar surface area (TPSA) is 64.6 Å². The van der Waals surface area contributed by atoms with E-state index in [0.29, 0.717) is 0 Å². The van der Waals surface area contributed by atoms with Gasteiger partial charge in [-0.3, -0.25) is 4.94 Å². The van der Waals surface area contributed by atoms with Gasteiger partial charge in [-0.2, -0.15) is 0 Å². The highest BCUT2D eigenvalue weighted by atomic mass is 19.3. The van der Waals surface area contributed by atoms with E-state index in [1.54, 1.807) is 0 Å². The third-order valence-corrected chi connectivity index (χ3v) is 0.649. The van der Waals surface area contributed by atoms with Crippen molar-refractivity contribution >= 4 is 12.1 Å². The normalized spacial score (nSPS) is 7.69. The van der Waals surface area contributed by atoms with Gasteiger partial charge in [-0.15, -0.1) is 0 Å². The molecule has 0 aliphatic heterocycles. The fourth-order valence-corrected chi connectivity index (χ4v) is 0.244. The van der Waals surface area contributed by atoms with E-state index >= 15 is 0 Å². The molecule has 0 saturated carbocycles. The number of carbonyl (C=O) groups is 2. The van der Waals surface area contributed by atoms with Crippen molar-refractivity contribution in [3.63, 3.8) is 0 Å². The Balaban J connectivity index is 0. The Hall–Kier alpha value is -1.33. The molecule has 0 atom stereocenters. The van der Waals surface area contributed by atoms with E-state index in [-0.39, 0.29) is 0 Å². The Morgan fingerprint density at radius 2 is 1.85 bits per heavy atom. The molecule has 13 heavy (non-hydrogen) atoms. The third-order valence-electron chi connectivity index (χ3n) is 0.649. The molecule has 0 aromatic rings. The Labute approximate surface area is 76.1 Å². The minimum atomic E-state index is -1.18. The van der Waals surface area contributed by atoms with E-state index in [0.717, 1.165) is 7.11 Å². The van der Waals surface area contributed by atoms with Crippen molar-refractivity contribution in [1.82, 2.24) is 5.32 Å². The van der Waals surface area contributed by atoms with Gasteiger partial charge in [0.05, 0.1) is 7.11 Å². The molecule has 0 heterocycles. The molecule has 6 heteroatoms. The van der Waals surface area contributed by atoms with Crippen LogP contribution in [0, 0.1) is 0 Å². The lowest BCUT2D eigenvalue weighted by molar-refractivity contribution is -0.182. The zero-order valence-corrected chi connectivity index (χ0v) is 7.93. The zero-order valence-electron chi connectivity index (χ0n) is 7.93. The molecule has 0 aromatic heterocycles. The van der Waals surface area contributed by atoms with E-state index in [9.17, 15) is 14.1 Å². The van der Waals surface area contributed by atoms with Gasteiger partial charge in [0.2, 0.25) is 0 Å². The predicted octanol–water partition coefficient (Wildman–Crippen LogP) is 1.19. The van der Waals surface area contributed by atoms with Crippen molar-refractivity contribution in [3.05, 3.63) is 0 Å². The van der Waals surface area contributed by atoms with Crippen molar-refractivity contribution in [3.8, 4) is 0 Å². The molecule has 1 amide bonds. The predicted molar refractivity (Wildman–Crippen MR) is 43.6 cm³/mol. The summed E-state index contributed by atoms with van der Waals surface area (Å²) in [4.78, 5) is 22.9. The largest absolute Gasteiger partial charge is 0.453 e. The van der Waals surface area contributed by atoms with Gasteiger partial charge >= 0.3 is 12.1 Å². The molecule has 0 spiro atoms. The first-order valence-electron chi connectivity index (χ1n) is 3.75. The zero-order chi connectivity index (χ0) is 10.7. The van der Waals surface area contributed by atoms with Crippen molar-refractivity contribution in [2.24, 2.45) is 0 Å². The van der Waals surface area contributed by atoms with Crippen molar-refractivity contribution in [1.29, 1.82) is 0 Å². The highest BCUT2D eigenvalue weighted by molar-refractivity contribution is 5.77. The van der Waals surface area contributed by atoms with Crippen LogP contribution < -0.4 is 5.32 Å². The number of carbonyl (C=O) groups excluding carboxylic acids is 2. The van der Waals surface area contributed by atoms with E-state index in [2.05, 4.69) is 23.5 Å². The maximum absolute atomic E-state index is 10.9. The van der Waals surface area contributed by atoms with Crippen LogP contribution >= 0.6 is 0 Å². The molecule has 0 aromatic carbocycles. The molecular formula is C7H14FNO4. The third kappa shape index (κ3) is 13.6. The molecule has 0 bridgehead atoms. The number of amides is 1. The lowest BCUT2D eigenvalue weighted by Crippen LogP contribution is -2.29. The highest BCUT2D eigenvalue weighted by Gasteiger charge is 2.04. The molecule has 0 radical (unpaired) electrons. The molecule has 0 rings (SSSR count). The lowest BCUT2D eigenvalue weighted by atomic mass is 10.6. The number of hydrogen-bond acceptors (Lipinski definition) is 4. The summed E-state index contributed by atoms with van der Waals surface area (Å²) in [6.07, 6.45) is 0.436. The first-order valence-corrected chi connectivity index (χ1v) is 3.75. The number of rotatable bonds is 2. The quantitative estimate of drug-likeness (QED) is 0.718. The number of hydrogen-bond donors (Lipinski definition) is 1. The average molecular weight is 195 g/mol. The molecule has 0 aliphatic rings. The van der Waals surface area contributed by atoms with Crippen LogP contribution in [-0.4, -0.2) is 25.7 Å². The van der Waals surface area contributed by atoms with Gasteiger partial charge in [-0.1, -0.05) is 20.3 Å². The summed E-state index contributed by atoms with van der Waals surface area (Å²) in [5.41, 5.74) is 0. The second kappa shape index (κ2) is 10.7. The van der Waals surface area contributed by atoms with E-state index in [4.69, 9.17) is 0 Å². The summed E-state index contributed by atoms with van der Waals surface area (Å²) >= 11 is 0. The van der Waals surface area contributed by atoms with E-state index in [1.165, 1.54) is 6.42 Å². The minimum Gasteiger partial charge on any atom is -0.453 e. The van der Waals surface area contributed by atoms with Crippen molar-refractivity contribution in [2.75, 3.05) is 13.7 Å². The summed E-state index contributed by atoms with van der Waals surface area (Å²) in [6, 6.07) is 0. The maximum atomic E-state index is 10.9. The van der Waals surface area contributed by atoms with Crippen LogP contribution in [0.2, 0.25) is 0 Å². The Morgan fingerprint density at radius 1 is 1.38 bits per heavy atom. The second-order valence-electron chi connectivity index (χ2n) is 2.00. The van der Waals surface area contributed by atoms with Gasteiger partial charge in [-0.25, -0.2) is 9.59 Å². The van der Waals surface area contributed by atoms with Crippen LogP contribution in [0.15, 0.2) is 0 Å². The van der Waals surface area contributed by atoms with E-state index in [1.807, 2.05) is 5.32 Å². The molecular weight excluding hydrogens is 181 g/mol. The minimum absolute atomic E-state index is 0.539. The van der Waals surface area contributed by atoms with Crippen molar-refractivity contribution < 1.29 is 23.8 Å². The fourth-order valence-electron chi connectivity index (χ4n) is 0.244. The Kier molecular flexibility index (Phi) is 11.7. The Bertz CT molecular complexity index is 135. The van der Waals surface area contributed by atoms with Crippen LogP contribution in [0.25, 0.3) is 0 Å². The summed E-state index contributed by atoms with van der Waals surface area (Å²) < 4.78 is 15.0. The van der Waals surface area contributed by atoms with E-state index < -0.39 is 18.6 Å². The average Bonchev–Trinajstić information content (AvgIpc) is 2.14. The molecule has 5 nitrogen and oxygen atoms in total. The second-order valence-corrected chi connectivity index (χ2v) is 2.00. The number of nitrogens with one attached hydrogen (secondary N) is 1. The summed E-state index contributed by atoms with van der Waals surface area (Å²) in [5, 5.41) is 1.91. The fraction of sp³-hybridized carbons (Fsp3) is 0.714. The van der Waals surface area contributed by atoms with Crippen LogP contribution in [0.4, 0.5) is 9.32 Å². The van der Waals surface area contributed by atoms with Gasteiger partial charge in [0.1, 0.15) is 6.54 Å². The smallest absolute Gasteiger partial charge is 0.407 e. The summed E-state index contributed by atoms with van der Waals surface area (Å²) in [5.74, 6) is -1.18. The van der Waals surface area contributed by atoms with Gasteiger partial charge in [0.15, 0.2) is 0 Å². The lowest BCUT2D eigenvalue weighted by Gasteiger charge is -1.97. The first kappa shape index (κ1) is 14.2. The van der Waals surface area contributed by atoms with Crippen LogP contribution in [-0.2, 0) is 14.5 Å². The van der Waals surface area contributed by atoms with Gasteiger partial charge in [0, 0.05) is 4.53 Å². The van der Waals surface area contributed by atoms with Crippen LogP contribution in [0.1, 0.15) is 20.3 Å². The van der Waals surface area contributed by atoms with Gasteiger partial charge in [0.25, 0.3) is 0 Å². The van der Waals surface area contributed by atoms with Crippen LogP contribution in [0.5, 0.6) is 0 Å². The number of methoxy groups -OCH3 is 1. The Morgan fingerprint density at radius 3 is 2.15 bits per heavy atom. The van der Waals surface area contributed by atoms with Crippen molar-refractivity contribution in [2.45, 2.75) is 20.3 Å². The standard InChI is InChI=1S/C4H6FNO4.C3H8/c1-9-4(8)6-2-3(7)10-5;1-3-2/h2H2,1H3,(H,6,8);3H2,1-2H3. The molecule has 1 N–H and O–H groups in total. The SMILES string of the molecule is CCC.COC(=O)NCC(=O)OF. The van der Waals surface area contributed by atoms with Gasteiger partial charge in [-0.05, 0) is 0 Å². The molecule has 0 aliphatic carbocycles. The maximum Gasteiger partial charge on any atom is 0.407 e. The molecule has 0 saturated heterocycles. The van der Waals surface area contributed by atoms with Gasteiger partial charge < -0.3 is 10.1 Å². The number of ether oxygens (including phenoxy) is 1. The highest BCUT2D eigenvalue weighted by Crippen LogP contribution is 1.76. The summed E-state index contributed by atoms with van der Waals surface area (Å²) in [6.45, 7) is 3.71. The molecule has 0 unspecified atom stereocenters. The van der Waals surface area contributed by atoms with Crippen LogP contribution in [0.3, 0.4) is 0 Å². The summed E-state index contributed by atoms with van der Waals surface area (Å²) in [7, 11) is 1.12. The number of alkyl carbamates (subject to hydrolysis) is 1. The first-order chi connectivity index (χ1) is 6.12. The molecule has 0 fully saturated rings. The monoisotopic (exact) mass is 195 g/mol.